The summed E-state index contributed by atoms with van der Waals surface area (Å²) in [6.07, 6.45) is 0. The Kier molecular flexibility index (Phi) is 10.8. The van der Waals surface area contributed by atoms with Gasteiger partial charge in [-0.3, -0.25) is 9.59 Å². The smallest absolute Gasteiger partial charge is 0.315 e. The van der Waals surface area contributed by atoms with Crippen molar-refractivity contribution in [1.82, 2.24) is 0 Å². The van der Waals surface area contributed by atoms with Gasteiger partial charge < -0.3 is 18.9 Å². The monoisotopic (exact) mass is 324 g/mol. The van der Waals surface area contributed by atoms with Gasteiger partial charge in [-0.25, -0.2) is 0 Å². The molecule has 1 heterocycles. The Balaban J connectivity index is 2.20. The van der Waals surface area contributed by atoms with E-state index in [1.165, 1.54) is 11.8 Å². The van der Waals surface area contributed by atoms with Gasteiger partial charge in [0.1, 0.15) is 13.2 Å². The van der Waals surface area contributed by atoms with E-state index in [0.717, 1.165) is 11.5 Å². The van der Waals surface area contributed by atoms with Crippen LogP contribution in [-0.4, -0.2) is 74.6 Å². The summed E-state index contributed by atoms with van der Waals surface area (Å²) in [6.45, 7) is 2.56. The lowest BCUT2D eigenvalue weighted by Gasteiger charge is -2.08. The van der Waals surface area contributed by atoms with Gasteiger partial charge in [0.2, 0.25) is 0 Å². The van der Waals surface area contributed by atoms with E-state index in [2.05, 4.69) is 0 Å². The van der Waals surface area contributed by atoms with Crippen LogP contribution >= 0.6 is 23.5 Å². The summed E-state index contributed by atoms with van der Waals surface area (Å²) < 4.78 is 20.6. The molecule has 0 aromatic rings. The number of hydrogen-bond acceptors (Lipinski definition) is 8. The van der Waals surface area contributed by atoms with Crippen molar-refractivity contribution in [3.63, 3.8) is 0 Å². The van der Waals surface area contributed by atoms with Crippen LogP contribution in [0.1, 0.15) is 0 Å². The first-order valence-electron chi connectivity index (χ1n) is 6.41. The van der Waals surface area contributed by atoms with E-state index >= 15 is 0 Å². The van der Waals surface area contributed by atoms with Gasteiger partial charge in [0.05, 0.1) is 37.9 Å². The molecule has 1 fully saturated rings. The molecule has 0 atom stereocenters. The lowest BCUT2D eigenvalue weighted by Crippen LogP contribution is -2.17. The van der Waals surface area contributed by atoms with Gasteiger partial charge >= 0.3 is 11.9 Å². The van der Waals surface area contributed by atoms with E-state index in [9.17, 15) is 9.59 Å². The second-order valence-electron chi connectivity index (χ2n) is 3.77. The highest BCUT2D eigenvalue weighted by atomic mass is 32.2. The fraction of sp³-hybridized carbons (Fsp3) is 0.833. The molecule has 1 saturated heterocycles. The van der Waals surface area contributed by atoms with Crippen LogP contribution in [0.3, 0.4) is 0 Å². The molecule has 20 heavy (non-hydrogen) atoms. The summed E-state index contributed by atoms with van der Waals surface area (Å²) in [5.74, 6) is 1.35. The van der Waals surface area contributed by atoms with Gasteiger partial charge in [0, 0.05) is 11.5 Å². The summed E-state index contributed by atoms with van der Waals surface area (Å²) in [6, 6.07) is 0. The van der Waals surface area contributed by atoms with Crippen molar-refractivity contribution in [3.8, 4) is 0 Å². The first-order valence-corrected chi connectivity index (χ1v) is 8.72. The summed E-state index contributed by atoms with van der Waals surface area (Å²) >= 11 is 2.91. The van der Waals surface area contributed by atoms with E-state index in [1.54, 1.807) is 11.8 Å². The number of esters is 2. The molecule has 1 rings (SSSR count). The van der Waals surface area contributed by atoms with Crippen molar-refractivity contribution < 1.29 is 28.5 Å². The predicted molar refractivity (Wildman–Crippen MR) is 78.2 cm³/mol. The molecular weight excluding hydrogens is 304 g/mol. The minimum atomic E-state index is -0.342. The highest BCUT2D eigenvalue weighted by molar-refractivity contribution is 8.00. The predicted octanol–water partition coefficient (Wildman–Crippen LogP) is 0.586. The first kappa shape index (κ1) is 17.6. The van der Waals surface area contributed by atoms with E-state index in [-0.39, 0.29) is 36.7 Å². The number of carbonyl (C=O) groups is 2. The molecule has 0 saturated carbocycles. The third-order valence-electron chi connectivity index (χ3n) is 2.17. The summed E-state index contributed by atoms with van der Waals surface area (Å²) in [4.78, 5) is 22.6. The maximum Gasteiger partial charge on any atom is 0.315 e. The van der Waals surface area contributed by atoms with Crippen LogP contribution in [0.25, 0.3) is 0 Å². The zero-order valence-corrected chi connectivity index (χ0v) is 13.0. The Morgan fingerprint density at radius 1 is 0.650 bits per heavy atom. The van der Waals surface area contributed by atoms with Gasteiger partial charge in [-0.05, 0) is 0 Å². The lowest BCUT2D eigenvalue weighted by atomic mass is 10.7. The molecule has 1 aliphatic rings. The topological polar surface area (TPSA) is 71.1 Å². The van der Waals surface area contributed by atoms with Crippen molar-refractivity contribution >= 4 is 35.5 Å². The SMILES string of the molecule is O=C1CSCC(=O)OCCOCCSCCOCCO1. The average molecular weight is 324 g/mol. The maximum atomic E-state index is 11.3. The van der Waals surface area contributed by atoms with Crippen LogP contribution in [0.15, 0.2) is 0 Å². The third kappa shape index (κ3) is 10.4. The number of cyclic esters (lactones) is 2. The highest BCUT2D eigenvalue weighted by Crippen LogP contribution is 2.03. The van der Waals surface area contributed by atoms with Crippen molar-refractivity contribution in [1.29, 1.82) is 0 Å². The van der Waals surface area contributed by atoms with E-state index in [0.29, 0.717) is 26.4 Å². The van der Waals surface area contributed by atoms with Crippen molar-refractivity contribution in [3.05, 3.63) is 0 Å². The molecular formula is C12H20O6S2. The molecule has 0 N–H and O–H groups in total. The van der Waals surface area contributed by atoms with Gasteiger partial charge in [0.15, 0.2) is 0 Å². The zero-order valence-electron chi connectivity index (χ0n) is 11.3. The van der Waals surface area contributed by atoms with Crippen molar-refractivity contribution in [2.45, 2.75) is 0 Å². The minimum absolute atomic E-state index is 0.140. The summed E-state index contributed by atoms with van der Waals surface area (Å²) in [5.41, 5.74) is 0. The van der Waals surface area contributed by atoms with Crippen LogP contribution in [-0.2, 0) is 28.5 Å². The second-order valence-corrected chi connectivity index (χ2v) is 5.98. The fourth-order valence-corrected chi connectivity index (χ4v) is 2.55. The van der Waals surface area contributed by atoms with Crippen LogP contribution in [0.2, 0.25) is 0 Å². The zero-order chi connectivity index (χ0) is 14.5. The number of carbonyl (C=O) groups excluding carboxylic acids is 2. The third-order valence-corrected chi connectivity index (χ3v) is 3.96. The lowest BCUT2D eigenvalue weighted by molar-refractivity contribution is -0.142. The van der Waals surface area contributed by atoms with Gasteiger partial charge in [0.25, 0.3) is 0 Å². The molecule has 0 spiro atoms. The summed E-state index contributed by atoms with van der Waals surface area (Å²) in [5, 5.41) is 0. The first-order chi connectivity index (χ1) is 9.79. The van der Waals surface area contributed by atoms with Crippen LogP contribution < -0.4 is 0 Å². The molecule has 0 amide bonds. The van der Waals surface area contributed by atoms with E-state index < -0.39 is 0 Å². The Hall–Kier alpha value is -0.440. The Labute approximate surface area is 127 Å². The highest BCUT2D eigenvalue weighted by Gasteiger charge is 2.07. The molecule has 0 aromatic heterocycles. The average Bonchev–Trinajstić information content (AvgIpc) is 2.43. The summed E-state index contributed by atoms with van der Waals surface area (Å²) in [7, 11) is 0. The van der Waals surface area contributed by atoms with Gasteiger partial charge in [-0.1, -0.05) is 0 Å². The number of thioether (sulfide) groups is 2. The Bertz CT molecular complexity index is 261. The largest absolute Gasteiger partial charge is 0.463 e. The molecule has 116 valence electrons. The Morgan fingerprint density at radius 2 is 1.15 bits per heavy atom. The number of ether oxygens (including phenoxy) is 4. The quantitative estimate of drug-likeness (QED) is 0.600. The molecule has 6 nitrogen and oxygen atoms in total. The molecule has 0 unspecified atom stereocenters. The van der Waals surface area contributed by atoms with Crippen molar-refractivity contribution in [2.75, 3.05) is 62.7 Å². The molecule has 0 radical (unpaired) electrons. The van der Waals surface area contributed by atoms with E-state index in [4.69, 9.17) is 18.9 Å². The molecule has 8 heteroatoms. The van der Waals surface area contributed by atoms with E-state index in [1.807, 2.05) is 0 Å². The van der Waals surface area contributed by atoms with Gasteiger partial charge in [-0.15, -0.1) is 11.8 Å². The van der Waals surface area contributed by atoms with Gasteiger partial charge in [-0.2, -0.15) is 11.8 Å². The van der Waals surface area contributed by atoms with Crippen LogP contribution in [0, 0.1) is 0 Å². The fourth-order valence-electron chi connectivity index (χ4n) is 1.27. The second kappa shape index (κ2) is 12.3. The molecule has 0 bridgehead atoms. The molecule has 0 aliphatic carbocycles. The Morgan fingerprint density at radius 3 is 1.65 bits per heavy atom. The van der Waals surface area contributed by atoms with Crippen molar-refractivity contribution in [2.24, 2.45) is 0 Å². The standard InChI is InChI=1S/C12H20O6S2/c13-11-9-20-10-12(14)18-4-2-16-6-8-19-7-5-15-1-3-17-11/h1-10H2. The normalized spacial score (nSPS) is 22.2. The molecule has 1 aliphatic heterocycles. The minimum Gasteiger partial charge on any atom is -0.463 e. The number of rotatable bonds is 0. The maximum absolute atomic E-state index is 11.3. The van der Waals surface area contributed by atoms with Crippen LogP contribution in [0.4, 0.5) is 0 Å². The number of hydrogen-bond donors (Lipinski definition) is 0. The van der Waals surface area contributed by atoms with Crippen LogP contribution in [0.5, 0.6) is 0 Å². The molecule has 0 aromatic carbocycles.